The van der Waals surface area contributed by atoms with Gasteiger partial charge in [-0.1, -0.05) is 11.6 Å². The molecule has 0 aliphatic rings. The van der Waals surface area contributed by atoms with E-state index in [-0.39, 0.29) is 5.91 Å². The Kier molecular flexibility index (Phi) is 7.04. The molecule has 1 aromatic rings. The molecule has 4 nitrogen and oxygen atoms in total. The summed E-state index contributed by atoms with van der Waals surface area (Å²) in [4.78, 5) is 17.2. The number of carbonyl (C=O) groups excluding carboxylic acids is 1. The number of hydroxylamine groups is 1. The van der Waals surface area contributed by atoms with E-state index in [1.54, 1.807) is 19.2 Å². The van der Waals surface area contributed by atoms with Gasteiger partial charge in [-0.15, -0.1) is 11.8 Å². The highest BCUT2D eigenvalue weighted by atomic mass is 35.5. The van der Waals surface area contributed by atoms with Gasteiger partial charge < -0.3 is 4.74 Å². The van der Waals surface area contributed by atoms with Crippen molar-refractivity contribution >= 4 is 29.3 Å². The minimum atomic E-state index is -0.180. The zero-order valence-corrected chi connectivity index (χ0v) is 11.0. The van der Waals surface area contributed by atoms with E-state index in [2.05, 4.69) is 5.48 Å². The number of carbonyl (C=O) groups is 1. The zero-order valence-electron chi connectivity index (χ0n) is 9.44. The fourth-order valence-corrected chi connectivity index (χ4v) is 1.78. The third-order valence-electron chi connectivity index (χ3n) is 1.76. The summed E-state index contributed by atoms with van der Waals surface area (Å²) in [6.45, 7) is 0.790. The van der Waals surface area contributed by atoms with Crippen LogP contribution in [0.1, 0.15) is 0 Å². The number of rotatable bonds is 7. The summed E-state index contributed by atoms with van der Waals surface area (Å²) in [6.07, 6.45) is 0. The van der Waals surface area contributed by atoms with Crippen molar-refractivity contribution in [3.05, 3.63) is 29.3 Å². The maximum absolute atomic E-state index is 11.3. The lowest BCUT2D eigenvalue weighted by Crippen LogP contribution is -2.26. The molecule has 0 bridgehead atoms. The molecule has 6 heteroatoms. The molecule has 0 saturated carbocycles. The quantitative estimate of drug-likeness (QED) is 0.470. The van der Waals surface area contributed by atoms with Crippen molar-refractivity contribution in [1.29, 1.82) is 0 Å². The van der Waals surface area contributed by atoms with Gasteiger partial charge in [-0.05, 0) is 24.3 Å². The molecule has 0 fully saturated rings. The molecule has 0 aliphatic heterocycles. The molecule has 0 saturated heterocycles. The van der Waals surface area contributed by atoms with Gasteiger partial charge in [0.05, 0.1) is 19.0 Å². The predicted octanol–water partition coefficient (Wildman–Crippen LogP) is 2.13. The highest BCUT2D eigenvalue weighted by Gasteiger charge is 2.02. The molecule has 0 aliphatic carbocycles. The third kappa shape index (κ3) is 6.53. The molecular formula is C11H14ClNO3S. The Hall–Kier alpha value is -0.750. The molecule has 0 heterocycles. The number of amides is 1. The molecule has 94 valence electrons. The van der Waals surface area contributed by atoms with Crippen LogP contribution in [0.4, 0.5) is 0 Å². The van der Waals surface area contributed by atoms with E-state index in [9.17, 15) is 4.79 Å². The van der Waals surface area contributed by atoms with Crippen molar-refractivity contribution in [3.8, 4) is 0 Å². The molecule has 17 heavy (non-hydrogen) atoms. The molecule has 1 N–H and O–H groups in total. The van der Waals surface area contributed by atoms with Crippen LogP contribution in [-0.2, 0) is 14.4 Å². The van der Waals surface area contributed by atoms with Crippen molar-refractivity contribution in [1.82, 2.24) is 5.48 Å². The Morgan fingerprint density at radius 2 is 2.06 bits per heavy atom. The lowest BCUT2D eigenvalue weighted by molar-refractivity contribution is -0.131. The molecule has 0 aromatic heterocycles. The average Bonchev–Trinajstić information content (AvgIpc) is 2.34. The predicted molar refractivity (Wildman–Crippen MR) is 68.1 cm³/mol. The highest BCUT2D eigenvalue weighted by Crippen LogP contribution is 2.19. The second-order valence-corrected chi connectivity index (χ2v) is 4.59. The van der Waals surface area contributed by atoms with Gasteiger partial charge in [0.25, 0.3) is 5.91 Å². The topological polar surface area (TPSA) is 47.6 Å². The summed E-state index contributed by atoms with van der Waals surface area (Å²) in [7, 11) is 1.57. The largest absolute Gasteiger partial charge is 0.382 e. The van der Waals surface area contributed by atoms with Crippen LogP contribution >= 0.6 is 23.4 Å². The lowest BCUT2D eigenvalue weighted by atomic mass is 10.4. The summed E-state index contributed by atoms with van der Waals surface area (Å²) in [5.74, 6) is 0.121. The number of thioether (sulfide) groups is 1. The van der Waals surface area contributed by atoms with Gasteiger partial charge in [0.15, 0.2) is 0 Å². The molecule has 0 radical (unpaired) electrons. The monoisotopic (exact) mass is 275 g/mol. The number of halogens is 1. The highest BCUT2D eigenvalue weighted by molar-refractivity contribution is 8.00. The minimum Gasteiger partial charge on any atom is -0.382 e. The van der Waals surface area contributed by atoms with E-state index < -0.39 is 0 Å². The van der Waals surface area contributed by atoms with Gasteiger partial charge in [0.1, 0.15) is 0 Å². The van der Waals surface area contributed by atoms with E-state index in [4.69, 9.17) is 21.2 Å². The minimum absolute atomic E-state index is 0.180. The molecule has 0 atom stereocenters. The van der Waals surface area contributed by atoms with Crippen molar-refractivity contribution in [2.75, 3.05) is 26.1 Å². The summed E-state index contributed by atoms with van der Waals surface area (Å²) in [5.41, 5.74) is 2.33. The summed E-state index contributed by atoms with van der Waals surface area (Å²) >= 11 is 7.17. The second kappa shape index (κ2) is 8.36. The Bertz CT molecular complexity index is 345. The first-order valence-corrected chi connectivity index (χ1v) is 6.36. The van der Waals surface area contributed by atoms with E-state index in [1.165, 1.54) is 11.8 Å². The summed E-state index contributed by atoms with van der Waals surface area (Å²) in [6, 6.07) is 7.31. The van der Waals surface area contributed by atoms with Crippen LogP contribution in [0, 0.1) is 0 Å². The first-order chi connectivity index (χ1) is 8.22. The first kappa shape index (κ1) is 14.3. The summed E-state index contributed by atoms with van der Waals surface area (Å²) < 4.78 is 4.77. The Morgan fingerprint density at radius 1 is 1.35 bits per heavy atom. The Morgan fingerprint density at radius 3 is 2.71 bits per heavy atom. The van der Waals surface area contributed by atoms with Gasteiger partial charge in [-0.25, -0.2) is 5.48 Å². The fraction of sp³-hybridized carbons (Fsp3) is 0.364. The van der Waals surface area contributed by atoms with Crippen molar-refractivity contribution in [2.24, 2.45) is 0 Å². The Balaban J connectivity index is 2.17. The summed E-state index contributed by atoms with van der Waals surface area (Å²) in [5, 5.41) is 0.682. The normalized spacial score (nSPS) is 10.2. The Labute approximate surface area is 110 Å². The van der Waals surface area contributed by atoms with E-state index in [1.807, 2.05) is 12.1 Å². The van der Waals surface area contributed by atoms with Crippen LogP contribution in [-0.4, -0.2) is 32.0 Å². The van der Waals surface area contributed by atoms with Crippen molar-refractivity contribution in [2.45, 2.75) is 4.90 Å². The van der Waals surface area contributed by atoms with Gasteiger partial charge in [-0.3, -0.25) is 9.63 Å². The van der Waals surface area contributed by atoms with Gasteiger partial charge >= 0.3 is 0 Å². The molecule has 0 unspecified atom stereocenters. The SMILES string of the molecule is COCCONC(=O)CSc1ccc(Cl)cc1. The molecule has 1 amide bonds. The molecule has 1 rings (SSSR count). The van der Waals surface area contributed by atoms with Gasteiger partial charge in [0, 0.05) is 17.0 Å². The van der Waals surface area contributed by atoms with Crippen LogP contribution in [0.25, 0.3) is 0 Å². The molecular weight excluding hydrogens is 262 g/mol. The standard InChI is InChI=1S/C11H14ClNO3S/c1-15-6-7-16-13-11(14)8-17-10-4-2-9(12)3-5-10/h2-5H,6-8H2,1H3,(H,13,14). The average molecular weight is 276 g/mol. The van der Waals surface area contributed by atoms with Crippen LogP contribution in [0.15, 0.2) is 29.2 Å². The smallest absolute Gasteiger partial charge is 0.253 e. The number of methoxy groups -OCH3 is 1. The second-order valence-electron chi connectivity index (χ2n) is 3.11. The van der Waals surface area contributed by atoms with Crippen molar-refractivity contribution < 1.29 is 14.4 Å². The number of hydrogen-bond donors (Lipinski definition) is 1. The molecule has 1 aromatic carbocycles. The number of hydrogen-bond acceptors (Lipinski definition) is 4. The van der Waals surface area contributed by atoms with Gasteiger partial charge in [0.2, 0.25) is 0 Å². The van der Waals surface area contributed by atoms with Crippen LogP contribution in [0.2, 0.25) is 5.02 Å². The van der Waals surface area contributed by atoms with E-state index in [0.29, 0.717) is 24.0 Å². The lowest BCUT2D eigenvalue weighted by Gasteiger charge is -2.05. The fourth-order valence-electron chi connectivity index (χ4n) is 0.966. The number of benzene rings is 1. The zero-order chi connectivity index (χ0) is 12.5. The first-order valence-electron chi connectivity index (χ1n) is 5.00. The van der Waals surface area contributed by atoms with E-state index >= 15 is 0 Å². The maximum Gasteiger partial charge on any atom is 0.253 e. The van der Waals surface area contributed by atoms with Crippen LogP contribution in [0.5, 0.6) is 0 Å². The van der Waals surface area contributed by atoms with E-state index in [0.717, 1.165) is 4.90 Å². The maximum atomic E-state index is 11.3. The number of nitrogens with one attached hydrogen (secondary N) is 1. The van der Waals surface area contributed by atoms with Crippen molar-refractivity contribution in [3.63, 3.8) is 0 Å². The van der Waals surface area contributed by atoms with Crippen LogP contribution < -0.4 is 5.48 Å². The number of ether oxygens (including phenoxy) is 1. The molecule has 0 spiro atoms. The van der Waals surface area contributed by atoms with Crippen LogP contribution in [0.3, 0.4) is 0 Å². The van der Waals surface area contributed by atoms with Gasteiger partial charge in [-0.2, -0.15) is 0 Å². The third-order valence-corrected chi connectivity index (χ3v) is 3.02.